The van der Waals surface area contributed by atoms with Crippen LogP contribution in [0.4, 0.5) is 0 Å². The number of nitrogens with one attached hydrogen (secondary N) is 2. The van der Waals surface area contributed by atoms with Gasteiger partial charge in [-0.25, -0.2) is 4.98 Å². The molecule has 2 aromatic carbocycles. The van der Waals surface area contributed by atoms with E-state index in [-0.39, 0.29) is 7.33 Å². The molecule has 0 fully saturated rings. The minimum Gasteiger partial charge on any atom is -0.496 e. The molecule has 0 spiro atoms. The van der Waals surface area contributed by atoms with Gasteiger partial charge in [-0.05, 0) is 73.4 Å². The summed E-state index contributed by atoms with van der Waals surface area (Å²) < 4.78 is 5.53. The SMILES string of the molecule is COc1cccc2c1CCCC2CCCNC(=O)c1ccc2nc[nH]c2c1.[HH]. The van der Waals surface area contributed by atoms with Gasteiger partial charge in [0.15, 0.2) is 0 Å². The van der Waals surface area contributed by atoms with E-state index >= 15 is 0 Å². The second kappa shape index (κ2) is 7.82. The van der Waals surface area contributed by atoms with Crippen LogP contribution in [0, 0.1) is 0 Å². The Morgan fingerprint density at radius 2 is 2.30 bits per heavy atom. The number of nitrogens with zero attached hydrogens (tertiary/aromatic N) is 1. The molecule has 2 N–H and O–H groups in total. The van der Waals surface area contributed by atoms with Crippen molar-refractivity contribution in [2.75, 3.05) is 13.7 Å². The van der Waals surface area contributed by atoms with Crippen LogP contribution in [0.5, 0.6) is 5.75 Å². The second-order valence-corrected chi connectivity index (χ2v) is 7.15. The summed E-state index contributed by atoms with van der Waals surface area (Å²) in [5, 5.41) is 3.04. The zero-order chi connectivity index (χ0) is 18.6. The highest BCUT2D eigenvalue weighted by Gasteiger charge is 2.22. The Balaban J connectivity index is 0.00000225. The molecule has 3 aromatic rings. The molecule has 1 atom stereocenters. The summed E-state index contributed by atoms with van der Waals surface area (Å²) in [6.45, 7) is 0.690. The third-order valence-corrected chi connectivity index (χ3v) is 5.51. The number of amides is 1. The monoisotopic (exact) mass is 365 g/mol. The van der Waals surface area contributed by atoms with Gasteiger partial charge in [0, 0.05) is 13.5 Å². The Hall–Kier alpha value is -2.82. The van der Waals surface area contributed by atoms with Gasteiger partial charge in [0.25, 0.3) is 5.91 Å². The fraction of sp³-hybridized carbons (Fsp3) is 0.364. The third kappa shape index (κ3) is 3.68. The Morgan fingerprint density at radius 1 is 1.37 bits per heavy atom. The van der Waals surface area contributed by atoms with Gasteiger partial charge in [-0.2, -0.15) is 0 Å². The van der Waals surface area contributed by atoms with Crippen molar-refractivity contribution in [3.63, 3.8) is 0 Å². The zero-order valence-electron chi connectivity index (χ0n) is 15.6. The number of fused-ring (bicyclic) bond motifs is 2. The molecule has 4 rings (SSSR count). The lowest BCUT2D eigenvalue weighted by Gasteiger charge is -2.27. The van der Waals surface area contributed by atoms with Crippen LogP contribution in [0.15, 0.2) is 42.7 Å². The molecule has 0 aliphatic heterocycles. The second-order valence-electron chi connectivity index (χ2n) is 7.15. The number of ether oxygens (including phenoxy) is 1. The van der Waals surface area contributed by atoms with Crippen LogP contribution in [-0.2, 0) is 6.42 Å². The molecule has 1 heterocycles. The maximum atomic E-state index is 12.4. The number of imidazole rings is 1. The summed E-state index contributed by atoms with van der Waals surface area (Å²) in [7, 11) is 1.75. The number of benzene rings is 2. The molecule has 1 aliphatic rings. The standard InChI is InChI=1S/C22H25N3O2.H2/c1-27-21-9-3-7-17-15(5-2-8-18(17)21)6-4-12-23-22(26)16-10-11-19-20(13-16)25-14-24-19;/h3,7,9-11,13-15H,2,4-6,8,12H2,1H3,(H,23,26)(H,24,25);1H. The molecule has 142 valence electrons. The molecule has 0 radical (unpaired) electrons. The van der Waals surface area contributed by atoms with Crippen molar-refractivity contribution in [3.05, 3.63) is 59.4 Å². The number of carbonyl (C=O) groups excluding carboxylic acids is 1. The molecule has 1 unspecified atom stereocenters. The van der Waals surface area contributed by atoms with E-state index in [9.17, 15) is 4.79 Å². The lowest BCUT2D eigenvalue weighted by atomic mass is 9.80. The molecular weight excluding hydrogens is 338 g/mol. The quantitative estimate of drug-likeness (QED) is 0.634. The highest BCUT2D eigenvalue weighted by Crippen LogP contribution is 2.38. The number of aromatic amines is 1. The van der Waals surface area contributed by atoms with Crippen LogP contribution in [0.3, 0.4) is 0 Å². The number of methoxy groups -OCH3 is 1. The summed E-state index contributed by atoms with van der Waals surface area (Å²) >= 11 is 0. The summed E-state index contributed by atoms with van der Waals surface area (Å²) in [4.78, 5) is 19.6. The molecule has 5 nitrogen and oxygen atoms in total. The van der Waals surface area contributed by atoms with Gasteiger partial charge < -0.3 is 15.0 Å². The van der Waals surface area contributed by atoms with E-state index in [2.05, 4.69) is 33.5 Å². The molecule has 27 heavy (non-hydrogen) atoms. The van der Waals surface area contributed by atoms with E-state index in [0.717, 1.165) is 36.0 Å². The van der Waals surface area contributed by atoms with Gasteiger partial charge in [-0.3, -0.25) is 4.79 Å². The minimum absolute atomic E-state index is 0. The van der Waals surface area contributed by atoms with Gasteiger partial charge in [-0.15, -0.1) is 0 Å². The first-order valence-electron chi connectivity index (χ1n) is 9.63. The molecule has 1 amide bonds. The number of hydrogen-bond acceptors (Lipinski definition) is 3. The summed E-state index contributed by atoms with van der Waals surface area (Å²) in [6.07, 6.45) is 7.21. The van der Waals surface area contributed by atoms with Crippen molar-refractivity contribution in [2.24, 2.45) is 0 Å². The maximum absolute atomic E-state index is 12.4. The first-order valence-corrected chi connectivity index (χ1v) is 9.63. The van der Waals surface area contributed by atoms with Gasteiger partial charge in [-0.1, -0.05) is 12.1 Å². The van der Waals surface area contributed by atoms with Crippen LogP contribution < -0.4 is 10.1 Å². The first kappa shape index (κ1) is 17.6. The van der Waals surface area contributed by atoms with Crippen LogP contribution in [-0.4, -0.2) is 29.5 Å². The molecule has 0 bridgehead atoms. The summed E-state index contributed by atoms with van der Waals surface area (Å²) in [5.41, 5.74) is 5.22. The minimum atomic E-state index is -0.0304. The van der Waals surface area contributed by atoms with E-state index in [4.69, 9.17) is 4.74 Å². The van der Waals surface area contributed by atoms with E-state index in [1.54, 1.807) is 13.4 Å². The van der Waals surface area contributed by atoms with E-state index in [0.29, 0.717) is 18.0 Å². The highest BCUT2D eigenvalue weighted by atomic mass is 16.5. The van der Waals surface area contributed by atoms with Crippen molar-refractivity contribution < 1.29 is 11.0 Å². The zero-order valence-corrected chi connectivity index (χ0v) is 15.6. The van der Waals surface area contributed by atoms with Crippen molar-refractivity contribution in [1.29, 1.82) is 0 Å². The average Bonchev–Trinajstić information content (AvgIpc) is 3.18. The highest BCUT2D eigenvalue weighted by molar-refractivity contribution is 5.97. The molecule has 5 heteroatoms. The van der Waals surface area contributed by atoms with Gasteiger partial charge in [0.1, 0.15) is 5.75 Å². The predicted molar refractivity (Wildman–Crippen MR) is 108 cm³/mol. The number of H-pyrrole nitrogens is 1. The Morgan fingerprint density at radius 3 is 3.19 bits per heavy atom. The topological polar surface area (TPSA) is 67.0 Å². The van der Waals surface area contributed by atoms with Crippen molar-refractivity contribution in [1.82, 2.24) is 15.3 Å². The smallest absolute Gasteiger partial charge is 0.251 e. The molecule has 0 saturated heterocycles. The first-order chi connectivity index (χ1) is 13.3. The van der Waals surface area contributed by atoms with E-state index < -0.39 is 0 Å². The Labute approximate surface area is 160 Å². The Kier molecular flexibility index (Phi) is 5.10. The predicted octanol–water partition coefficient (Wildman–Crippen LogP) is 4.45. The van der Waals surface area contributed by atoms with Crippen molar-refractivity contribution in [3.8, 4) is 5.75 Å². The fourth-order valence-corrected chi connectivity index (χ4v) is 4.13. The van der Waals surface area contributed by atoms with E-state index in [1.165, 1.54) is 24.0 Å². The number of rotatable bonds is 6. The molecule has 1 aliphatic carbocycles. The van der Waals surface area contributed by atoms with Crippen LogP contribution >= 0.6 is 0 Å². The third-order valence-electron chi connectivity index (χ3n) is 5.51. The van der Waals surface area contributed by atoms with Gasteiger partial charge in [0.2, 0.25) is 0 Å². The Bertz CT molecular complexity index is 954. The fourth-order valence-electron chi connectivity index (χ4n) is 4.13. The van der Waals surface area contributed by atoms with Gasteiger partial charge in [0.05, 0.1) is 24.5 Å². The van der Waals surface area contributed by atoms with Crippen LogP contribution in [0.25, 0.3) is 11.0 Å². The summed E-state index contributed by atoms with van der Waals surface area (Å²) in [6, 6.07) is 11.9. The average molecular weight is 365 g/mol. The number of hydrogen-bond donors (Lipinski definition) is 2. The molecule has 0 saturated carbocycles. The molecular formula is C22H27N3O2. The maximum Gasteiger partial charge on any atom is 0.251 e. The largest absolute Gasteiger partial charge is 0.496 e. The number of aromatic nitrogens is 2. The van der Waals surface area contributed by atoms with Crippen molar-refractivity contribution in [2.45, 2.75) is 38.0 Å². The van der Waals surface area contributed by atoms with Crippen molar-refractivity contribution >= 4 is 16.9 Å². The number of carbonyl (C=O) groups is 1. The van der Waals surface area contributed by atoms with Crippen LogP contribution in [0.1, 0.15) is 54.5 Å². The van der Waals surface area contributed by atoms with Crippen LogP contribution in [0.2, 0.25) is 0 Å². The lowest BCUT2D eigenvalue weighted by Crippen LogP contribution is -2.25. The van der Waals surface area contributed by atoms with Gasteiger partial charge >= 0.3 is 0 Å². The molecule has 1 aromatic heterocycles. The lowest BCUT2D eigenvalue weighted by molar-refractivity contribution is 0.0953. The normalized spacial score (nSPS) is 16.1. The van der Waals surface area contributed by atoms with E-state index in [1.807, 2.05) is 18.2 Å². The summed E-state index contributed by atoms with van der Waals surface area (Å²) in [5.74, 6) is 1.54.